The van der Waals surface area contributed by atoms with Gasteiger partial charge in [0.25, 0.3) is 0 Å². The third-order valence-corrected chi connectivity index (χ3v) is 7.60. The van der Waals surface area contributed by atoms with Crippen molar-refractivity contribution < 1.29 is 19.8 Å². The predicted octanol–water partition coefficient (Wildman–Crippen LogP) is 6.73. The third kappa shape index (κ3) is 12.5. The van der Waals surface area contributed by atoms with E-state index >= 15 is 0 Å². The number of hydrogen-bond acceptors (Lipinski definition) is 9. The zero-order valence-corrected chi connectivity index (χ0v) is 28.2. The third-order valence-electron chi connectivity index (χ3n) is 7.60. The molecule has 0 saturated heterocycles. The molecule has 0 atom stereocenters. The van der Waals surface area contributed by atoms with Crippen molar-refractivity contribution in [2.45, 2.75) is 58.3 Å². The molecule has 2 aliphatic rings. The molecule has 9 N–H and O–H groups in total. The van der Waals surface area contributed by atoms with E-state index in [2.05, 4.69) is 72.6 Å². The lowest BCUT2D eigenvalue weighted by Gasteiger charge is -2.04. The standard InChI is InChI=1S/C20H14N4.C10H26N4.C7H5NO4/c1-2-14-10-16-5-6-18(23-16)12-20-8-7-19(24-20)11-17-4-3-15(22-17)9-13(1)21-14;1-2-3-4-5-6-7-8-9-10-12-14-13-11;9-6(10)4-2-1-3-8-5(4)7(11)12/h1-12,21,24H;12-14H,2-11H2,1H3;1-3H,(H,9,10)(H,11,12). The molecule has 8 bridgehead atoms. The summed E-state index contributed by atoms with van der Waals surface area (Å²) in [4.78, 5) is 40.3. The van der Waals surface area contributed by atoms with Crippen LogP contribution in [-0.4, -0.2) is 53.6 Å². The highest BCUT2D eigenvalue weighted by atomic mass is 16.4. The fourth-order valence-corrected chi connectivity index (χ4v) is 5.15. The number of hydrazine groups is 3. The molecule has 0 radical (unpaired) electrons. The summed E-state index contributed by atoms with van der Waals surface area (Å²) >= 11 is 0. The Kier molecular flexibility index (Phi) is 15.0. The number of aromatic carboxylic acids is 2. The van der Waals surface area contributed by atoms with E-state index in [1.165, 1.54) is 69.7 Å². The molecule has 262 valence electrons. The maximum absolute atomic E-state index is 10.4. The van der Waals surface area contributed by atoms with Crippen LogP contribution in [0.1, 0.15) is 102 Å². The second kappa shape index (κ2) is 20.1. The number of unbranched alkanes of at least 4 members (excludes halogenated alkanes) is 7. The van der Waals surface area contributed by atoms with Crippen LogP contribution in [0.4, 0.5) is 0 Å². The van der Waals surface area contributed by atoms with E-state index in [1.807, 2.05) is 48.6 Å². The number of fused-ring (bicyclic) bond motifs is 8. The fraction of sp³-hybridized carbons (Fsp3) is 0.270. The monoisotopic (exact) mass is 679 g/mol. The molecule has 4 aromatic heterocycles. The number of H-pyrrole nitrogens is 2. The molecule has 50 heavy (non-hydrogen) atoms. The number of carboxylic acid groups (broad SMARTS) is 2. The van der Waals surface area contributed by atoms with Crippen molar-refractivity contribution in [3.8, 4) is 0 Å². The van der Waals surface area contributed by atoms with Gasteiger partial charge in [0, 0.05) is 34.8 Å². The minimum Gasteiger partial charge on any atom is -0.478 e. The van der Waals surface area contributed by atoms with E-state index in [4.69, 9.17) is 16.1 Å². The van der Waals surface area contributed by atoms with E-state index in [0.29, 0.717) is 0 Å². The Bertz CT molecular complexity index is 1710. The SMILES string of the molecule is C1=Cc2cc3ccc(cc4nc(cc5ccc(cc1n2)[nH]5)C=C4)[nH]3.CCCCCCCCCCNNNN.O=C(O)c1cccnc1C(=O)O. The molecular formula is C37H45N9O4. The van der Waals surface area contributed by atoms with Crippen molar-refractivity contribution in [3.63, 3.8) is 0 Å². The van der Waals surface area contributed by atoms with Crippen LogP contribution < -0.4 is 22.3 Å². The molecule has 0 spiro atoms. The van der Waals surface area contributed by atoms with Gasteiger partial charge in [-0.2, -0.15) is 11.1 Å². The maximum atomic E-state index is 10.4. The quantitative estimate of drug-likeness (QED) is 0.0365. The molecule has 6 rings (SSSR count). The zero-order valence-electron chi connectivity index (χ0n) is 28.2. The topological polar surface area (TPSA) is 207 Å². The van der Waals surface area contributed by atoms with E-state index in [0.717, 1.165) is 51.4 Å². The lowest BCUT2D eigenvalue weighted by Crippen LogP contribution is -2.47. The molecule has 0 saturated carbocycles. The first-order valence-electron chi connectivity index (χ1n) is 16.7. The highest BCUT2D eigenvalue weighted by molar-refractivity contribution is 6.00. The number of aromatic amines is 2. The molecule has 13 heteroatoms. The number of rotatable bonds is 13. The van der Waals surface area contributed by atoms with Crippen LogP contribution in [-0.2, 0) is 0 Å². The van der Waals surface area contributed by atoms with E-state index in [-0.39, 0.29) is 5.56 Å². The number of aromatic nitrogens is 5. The van der Waals surface area contributed by atoms with Gasteiger partial charge in [0.1, 0.15) is 0 Å². The largest absolute Gasteiger partial charge is 0.478 e. The van der Waals surface area contributed by atoms with Crippen LogP contribution in [0, 0.1) is 0 Å². The highest BCUT2D eigenvalue weighted by Gasteiger charge is 2.15. The van der Waals surface area contributed by atoms with Gasteiger partial charge in [-0.15, -0.1) is 0 Å². The van der Waals surface area contributed by atoms with Gasteiger partial charge >= 0.3 is 11.9 Å². The zero-order chi connectivity index (χ0) is 35.6. The number of nitrogens with two attached hydrogens (primary N) is 1. The first kappa shape index (κ1) is 37.4. The van der Waals surface area contributed by atoms with Gasteiger partial charge in [-0.3, -0.25) is 5.84 Å². The minimum atomic E-state index is -1.34. The summed E-state index contributed by atoms with van der Waals surface area (Å²) in [5, 5.41) is 17.0. The molecule has 0 aliphatic carbocycles. The van der Waals surface area contributed by atoms with Crippen LogP contribution in [0.5, 0.6) is 0 Å². The van der Waals surface area contributed by atoms with Gasteiger partial charge in [0.2, 0.25) is 0 Å². The van der Waals surface area contributed by atoms with Gasteiger partial charge in [0.15, 0.2) is 5.69 Å². The van der Waals surface area contributed by atoms with Crippen molar-refractivity contribution in [1.29, 1.82) is 0 Å². The summed E-state index contributed by atoms with van der Waals surface area (Å²) in [5.41, 5.74) is 15.1. The molecule has 13 nitrogen and oxygen atoms in total. The Morgan fingerprint density at radius 1 is 0.680 bits per heavy atom. The number of nitrogens with zero attached hydrogens (tertiary/aromatic N) is 3. The number of carbonyl (C=O) groups is 2. The van der Waals surface area contributed by atoms with Crippen molar-refractivity contribution in [1.82, 2.24) is 41.4 Å². The van der Waals surface area contributed by atoms with Gasteiger partial charge in [-0.25, -0.2) is 30.0 Å². The van der Waals surface area contributed by atoms with Crippen molar-refractivity contribution >= 4 is 58.3 Å². The lowest BCUT2D eigenvalue weighted by atomic mass is 10.1. The summed E-state index contributed by atoms with van der Waals surface area (Å²) < 4.78 is 0. The Hall–Kier alpha value is -5.47. The van der Waals surface area contributed by atoms with Crippen LogP contribution in [0.2, 0.25) is 0 Å². The molecule has 0 fully saturated rings. The number of carboxylic acids is 2. The summed E-state index contributed by atoms with van der Waals surface area (Å²) in [6, 6.07) is 18.9. The van der Waals surface area contributed by atoms with E-state index in [1.54, 1.807) is 0 Å². The lowest BCUT2D eigenvalue weighted by molar-refractivity contribution is 0.0646. The average molecular weight is 680 g/mol. The van der Waals surface area contributed by atoms with Crippen LogP contribution >= 0.6 is 0 Å². The van der Waals surface area contributed by atoms with Crippen LogP contribution in [0.25, 0.3) is 46.4 Å². The smallest absolute Gasteiger partial charge is 0.355 e. The Morgan fingerprint density at radius 2 is 1.14 bits per heavy atom. The first-order chi connectivity index (χ1) is 24.3. The molecule has 0 amide bonds. The minimum absolute atomic E-state index is 0.301. The van der Waals surface area contributed by atoms with Crippen molar-refractivity contribution in [2.24, 2.45) is 5.84 Å². The van der Waals surface area contributed by atoms with Crippen LogP contribution in [0.3, 0.4) is 0 Å². The molecule has 0 unspecified atom stereocenters. The molecule has 6 heterocycles. The number of nitrogens with one attached hydrogen (secondary N) is 5. The normalized spacial score (nSPS) is 11.3. The summed E-state index contributed by atoms with van der Waals surface area (Å²) in [7, 11) is 0. The van der Waals surface area contributed by atoms with Gasteiger partial charge < -0.3 is 20.2 Å². The second-order valence-electron chi connectivity index (χ2n) is 11.6. The summed E-state index contributed by atoms with van der Waals surface area (Å²) in [5.74, 6) is 2.38. The average Bonchev–Trinajstić information content (AvgIpc) is 3.93. The Labute approximate surface area is 290 Å². The Balaban J connectivity index is 0.000000186. The number of hydrogen-bond donors (Lipinski definition) is 8. The van der Waals surface area contributed by atoms with Crippen molar-refractivity contribution in [2.75, 3.05) is 6.54 Å². The summed E-state index contributed by atoms with van der Waals surface area (Å²) in [6.45, 7) is 3.23. The van der Waals surface area contributed by atoms with E-state index in [9.17, 15) is 9.59 Å². The molecule has 4 aromatic rings. The van der Waals surface area contributed by atoms with E-state index < -0.39 is 17.6 Å². The second-order valence-corrected chi connectivity index (χ2v) is 11.6. The predicted molar refractivity (Wildman–Crippen MR) is 198 cm³/mol. The summed E-state index contributed by atoms with van der Waals surface area (Å²) in [6.07, 6.45) is 20.1. The highest BCUT2D eigenvalue weighted by Crippen LogP contribution is 2.17. The van der Waals surface area contributed by atoms with Gasteiger partial charge in [0.05, 0.1) is 28.3 Å². The maximum Gasteiger partial charge on any atom is 0.355 e. The van der Waals surface area contributed by atoms with Gasteiger partial charge in [-0.1, -0.05) is 51.9 Å². The molecule has 0 aromatic carbocycles. The number of pyridine rings is 1. The Morgan fingerprint density at radius 3 is 1.54 bits per heavy atom. The molecule has 2 aliphatic heterocycles. The first-order valence-corrected chi connectivity index (χ1v) is 16.7. The van der Waals surface area contributed by atoms with Crippen molar-refractivity contribution in [3.05, 3.63) is 101 Å². The molecular weight excluding hydrogens is 634 g/mol. The fourth-order valence-electron chi connectivity index (χ4n) is 5.15. The van der Waals surface area contributed by atoms with Gasteiger partial charge in [-0.05, 0) is 91.4 Å². The van der Waals surface area contributed by atoms with Crippen LogP contribution in [0.15, 0.2) is 66.9 Å².